The Morgan fingerprint density at radius 1 is 1.22 bits per heavy atom. The molecule has 1 fully saturated rings. The first kappa shape index (κ1) is 23.9. The smallest absolute Gasteiger partial charge is 0.416 e. The molecule has 1 saturated heterocycles. The zero-order chi connectivity index (χ0) is 23.5. The highest BCUT2D eigenvalue weighted by Crippen LogP contribution is 2.45. The lowest BCUT2D eigenvalue weighted by Crippen LogP contribution is -2.49. The van der Waals surface area contributed by atoms with Gasteiger partial charge in [0.2, 0.25) is 0 Å². The summed E-state index contributed by atoms with van der Waals surface area (Å²) in [5.41, 5.74) is 6.34. The van der Waals surface area contributed by atoms with Crippen molar-refractivity contribution in [3.8, 4) is 23.3 Å². The Morgan fingerprint density at radius 2 is 1.91 bits per heavy atom. The maximum atomic E-state index is 12.7. The van der Waals surface area contributed by atoms with E-state index in [-0.39, 0.29) is 18.7 Å². The average molecular weight is 448 g/mol. The summed E-state index contributed by atoms with van der Waals surface area (Å²) in [6, 6.07) is 10.2. The Hall–Kier alpha value is -2.73. The van der Waals surface area contributed by atoms with Crippen molar-refractivity contribution in [2.24, 2.45) is 11.1 Å². The number of methoxy groups -OCH3 is 1. The van der Waals surface area contributed by atoms with Crippen molar-refractivity contribution in [3.05, 3.63) is 59.2 Å². The van der Waals surface area contributed by atoms with Gasteiger partial charge in [0.05, 0.1) is 24.9 Å². The molecule has 1 aliphatic heterocycles. The van der Waals surface area contributed by atoms with Gasteiger partial charge in [0.15, 0.2) is 11.5 Å². The third-order valence-electron chi connectivity index (χ3n) is 6.20. The summed E-state index contributed by atoms with van der Waals surface area (Å²) in [7, 11) is 1.53. The molecule has 1 heterocycles. The van der Waals surface area contributed by atoms with Crippen LogP contribution in [0.2, 0.25) is 0 Å². The molecule has 0 bridgehead atoms. The number of aliphatic hydroxyl groups is 1. The van der Waals surface area contributed by atoms with Gasteiger partial charge in [0.25, 0.3) is 0 Å². The van der Waals surface area contributed by atoms with Crippen molar-refractivity contribution >= 4 is 0 Å². The molecule has 2 aromatic rings. The second-order valence-corrected chi connectivity index (χ2v) is 8.06. The Labute approximate surface area is 185 Å². The molecule has 0 radical (unpaired) electrons. The molecule has 0 aromatic heterocycles. The molecule has 1 unspecified atom stereocenters. The Balaban J connectivity index is 1.75. The molecule has 32 heavy (non-hydrogen) atoms. The number of hydrogen-bond acceptors (Lipinski definition) is 5. The highest BCUT2D eigenvalue weighted by Gasteiger charge is 2.49. The SMILES string of the molecule is COc1ccc([C@@H]2CNC(N)[C@@]2(C)[C@@H](C)O)cc1OCC#Cc1ccc(C(F)(F)F)cc1. The summed E-state index contributed by atoms with van der Waals surface area (Å²) >= 11 is 0. The van der Waals surface area contributed by atoms with Crippen LogP contribution < -0.4 is 20.5 Å². The highest BCUT2D eigenvalue weighted by atomic mass is 19.4. The molecule has 3 rings (SSSR count). The molecule has 5 nitrogen and oxygen atoms in total. The number of nitrogens with two attached hydrogens (primary N) is 1. The first-order valence-electron chi connectivity index (χ1n) is 10.2. The van der Waals surface area contributed by atoms with Crippen molar-refractivity contribution in [2.75, 3.05) is 20.3 Å². The summed E-state index contributed by atoms with van der Waals surface area (Å²) in [4.78, 5) is 0. The number of hydrogen-bond donors (Lipinski definition) is 3. The molecule has 2 aromatic carbocycles. The van der Waals surface area contributed by atoms with Gasteiger partial charge < -0.3 is 25.6 Å². The van der Waals surface area contributed by atoms with E-state index in [2.05, 4.69) is 17.2 Å². The highest BCUT2D eigenvalue weighted by molar-refractivity contribution is 5.45. The van der Waals surface area contributed by atoms with E-state index in [1.807, 2.05) is 19.1 Å². The maximum Gasteiger partial charge on any atom is 0.416 e. The Bertz CT molecular complexity index is 996. The summed E-state index contributed by atoms with van der Waals surface area (Å²) < 4.78 is 49.1. The van der Waals surface area contributed by atoms with Crippen molar-refractivity contribution in [1.82, 2.24) is 5.32 Å². The predicted octanol–water partition coefficient (Wildman–Crippen LogP) is 3.50. The van der Waals surface area contributed by atoms with Gasteiger partial charge in [-0.1, -0.05) is 24.8 Å². The third kappa shape index (κ3) is 4.85. The molecule has 1 aliphatic rings. The van der Waals surface area contributed by atoms with Crippen molar-refractivity contribution in [2.45, 2.75) is 38.2 Å². The van der Waals surface area contributed by atoms with Crippen LogP contribution in [-0.2, 0) is 6.18 Å². The monoisotopic (exact) mass is 448 g/mol. The Morgan fingerprint density at radius 3 is 2.50 bits per heavy atom. The zero-order valence-corrected chi connectivity index (χ0v) is 18.2. The van der Waals surface area contributed by atoms with Crippen LogP contribution in [0, 0.1) is 17.3 Å². The predicted molar refractivity (Wildman–Crippen MR) is 115 cm³/mol. The van der Waals surface area contributed by atoms with Crippen LogP contribution in [0.5, 0.6) is 11.5 Å². The minimum absolute atomic E-state index is 0.0247. The number of alkyl halides is 3. The lowest BCUT2D eigenvalue weighted by Gasteiger charge is -2.37. The van der Waals surface area contributed by atoms with Gasteiger partial charge in [-0.3, -0.25) is 0 Å². The molecule has 0 amide bonds. The third-order valence-corrected chi connectivity index (χ3v) is 6.20. The zero-order valence-electron chi connectivity index (χ0n) is 18.2. The molecule has 4 N–H and O–H groups in total. The summed E-state index contributed by atoms with van der Waals surface area (Å²) in [6.45, 7) is 4.32. The van der Waals surface area contributed by atoms with E-state index in [1.54, 1.807) is 13.0 Å². The second kappa shape index (κ2) is 9.41. The number of aliphatic hydroxyl groups excluding tert-OH is 1. The largest absolute Gasteiger partial charge is 0.493 e. The molecular weight excluding hydrogens is 421 g/mol. The number of nitrogens with one attached hydrogen (secondary N) is 1. The molecule has 8 heteroatoms. The first-order valence-corrected chi connectivity index (χ1v) is 10.2. The van der Waals surface area contributed by atoms with E-state index in [4.69, 9.17) is 15.2 Å². The lowest BCUT2D eigenvalue weighted by molar-refractivity contribution is -0.137. The van der Waals surface area contributed by atoms with Gasteiger partial charge in [-0.15, -0.1) is 0 Å². The number of benzene rings is 2. The van der Waals surface area contributed by atoms with E-state index < -0.39 is 23.3 Å². The molecular formula is C24H27F3N2O3. The van der Waals surface area contributed by atoms with E-state index in [0.717, 1.165) is 17.7 Å². The van der Waals surface area contributed by atoms with Crippen LogP contribution >= 0.6 is 0 Å². The quantitative estimate of drug-likeness (QED) is 0.611. The Kier molecular flexibility index (Phi) is 7.03. The van der Waals surface area contributed by atoms with Gasteiger partial charge in [-0.2, -0.15) is 13.2 Å². The second-order valence-electron chi connectivity index (χ2n) is 8.06. The molecule has 172 valence electrons. The van der Waals surface area contributed by atoms with Gasteiger partial charge in [-0.05, 0) is 48.9 Å². The lowest BCUT2D eigenvalue weighted by atomic mass is 9.71. The van der Waals surface area contributed by atoms with Crippen molar-refractivity contribution < 1.29 is 27.8 Å². The van der Waals surface area contributed by atoms with Crippen LogP contribution in [0.25, 0.3) is 0 Å². The summed E-state index contributed by atoms with van der Waals surface area (Å²) in [5.74, 6) is 6.58. The van der Waals surface area contributed by atoms with Gasteiger partial charge in [-0.25, -0.2) is 0 Å². The normalized spacial score (nSPS) is 23.9. The molecule has 0 aliphatic carbocycles. The summed E-state index contributed by atoms with van der Waals surface area (Å²) in [5, 5.41) is 13.6. The van der Waals surface area contributed by atoms with Crippen molar-refractivity contribution in [1.29, 1.82) is 0 Å². The minimum Gasteiger partial charge on any atom is -0.493 e. The number of halogens is 3. The molecule has 0 spiro atoms. The van der Waals surface area contributed by atoms with Gasteiger partial charge in [0, 0.05) is 23.4 Å². The maximum absolute atomic E-state index is 12.7. The fraction of sp³-hybridized carbons (Fsp3) is 0.417. The fourth-order valence-electron chi connectivity index (χ4n) is 3.95. The number of rotatable bonds is 5. The molecule has 0 saturated carbocycles. The first-order chi connectivity index (χ1) is 15.1. The molecule has 4 atom stereocenters. The van der Waals surface area contributed by atoms with E-state index >= 15 is 0 Å². The van der Waals surface area contributed by atoms with Crippen LogP contribution in [0.4, 0.5) is 13.2 Å². The van der Waals surface area contributed by atoms with Gasteiger partial charge >= 0.3 is 6.18 Å². The van der Waals surface area contributed by atoms with Crippen LogP contribution in [0.3, 0.4) is 0 Å². The minimum atomic E-state index is -4.38. The van der Waals surface area contributed by atoms with E-state index in [1.165, 1.54) is 19.2 Å². The van der Waals surface area contributed by atoms with Crippen LogP contribution in [0.1, 0.15) is 36.5 Å². The van der Waals surface area contributed by atoms with Crippen molar-refractivity contribution in [3.63, 3.8) is 0 Å². The van der Waals surface area contributed by atoms with Crippen LogP contribution in [-0.4, -0.2) is 37.6 Å². The van der Waals surface area contributed by atoms with E-state index in [0.29, 0.717) is 23.6 Å². The van der Waals surface area contributed by atoms with E-state index in [9.17, 15) is 18.3 Å². The average Bonchev–Trinajstić information content (AvgIpc) is 3.06. The van der Waals surface area contributed by atoms with Crippen LogP contribution in [0.15, 0.2) is 42.5 Å². The fourth-order valence-corrected chi connectivity index (χ4v) is 3.95. The standard InChI is InChI=1S/C24H27F3N2O3/c1-15(30)23(2)19(14-29-22(23)28)17-8-11-20(31-3)21(13-17)32-12-4-5-16-6-9-18(10-7-16)24(25,26)27/h6-11,13,15,19,22,29-30H,12,14,28H2,1-3H3/t15-,19+,22?,23+/m1/s1. The number of ether oxygens (including phenoxy) is 2. The summed E-state index contributed by atoms with van der Waals surface area (Å²) in [6.07, 6.45) is -5.36. The van der Waals surface area contributed by atoms with Gasteiger partial charge in [0.1, 0.15) is 6.61 Å². The topological polar surface area (TPSA) is 76.7 Å².